The van der Waals surface area contributed by atoms with Crippen LogP contribution in [0.4, 0.5) is 0 Å². The molecule has 1 aromatic rings. The van der Waals surface area contributed by atoms with E-state index in [4.69, 9.17) is 4.74 Å². The molecule has 0 heterocycles. The lowest BCUT2D eigenvalue weighted by Crippen LogP contribution is -2.42. The second-order valence-corrected chi connectivity index (χ2v) is 6.19. The smallest absolute Gasteiger partial charge is 0.146 e. The van der Waals surface area contributed by atoms with Crippen molar-refractivity contribution in [3.63, 3.8) is 0 Å². The zero-order valence-electron chi connectivity index (χ0n) is 12.2. The number of benzene rings is 1. The summed E-state index contributed by atoms with van der Waals surface area (Å²) in [6.45, 7) is 0. The Bertz CT molecular complexity index is 564. The topological polar surface area (TPSA) is 63.6 Å². The lowest BCUT2D eigenvalue weighted by atomic mass is 9.65. The van der Waals surface area contributed by atoms with Crippen molar-refractivity contribution >= 4 is 11.6 Å². The van der Waals surface area contributed by atoms with Crippen molar-refractivity contribution in [3.8, 4) is 5.75 Å². The summed E-state index contributed by atoms with van der Waals surface area (Å²) in [5.41, 5.74) is -0.969. The molecule has 2 aliphatic carbocycles. The van der Waals surface area contributed by atoms with Gasteiger partial charge in [0.25, 0.3) is 0 Å². The highest BCUT2D eigenvalue weighted by Gasteiger charge is 2.53. The van der Waals surface area contributed by atoms with Crippen LogP contribution in [-0.4, -0.2) is 23.8 Å². The molecule has 2 aliphatic rings. The van der Waals surface area contributed by atoms with Gasteiger partial charge in [-0.1, -0.05) is 12.1 Å². The van der Waals surface area contributed by atoms with Gasteiger partial charge < -0.3 is 9.84 Å². The maximum atomic E-state index is 12.1. The predicted octanol–water partition coefficient (Wildman–Crippen LogP) is 2.38. The first-order valence-corrected chi connectivity index (χ1v) is 7.44. The number of Topliss-reactive ketones (excluding diaryl/α,β-unsaturated/α-hetero) is 2. The Morgan fingerprint density at radius 3 is 2.24 bits per heavy atom. The molecule has 21 heavy (non-hydrogen) atoms. The molecule has 1 N–H and O–H groups in total. The molecule has 0 radical (unpaired) electrons. The quantitative estimate of drug-likeness (QED) is 0.849. The van der Waals surface area contributed by atoms with Crippen LogP contribution in [0.5, 0.6) is 5.75 Å². The molecule has 2 saturated carbocycles. The summed E-state index contributed by atoms with van der Waals surface area (Å²) in [4.78, 5) is 24.2. The van der Waals surface area contributed by atoms with Gasteiger partial charge >= 0.3 is 0 Å². The molecule has 0 aliphatic heterocycles. The number of ketones is 2. The number of ether oxygens (including phenoxy) is 1. The molecule has 3 rings (SSSR count). The van der Waals surface area contributed by atoms with Gasteiger partial charge in [-0.2, -0.15) is 0 Å². The monoisotopic (exact) mass is 288 g/mol. The van der Waals surface area contributed by atoms with Crippen molar-refractivity contribution < 1.29 is 19.4 Å². The van der Waals surface area contributed by atoms with E-state index < -0.39 is 11.0 Å². The number of rotatable bonds is 2. The molecular weight excluding hydrogens is 268 g/mol. The van der Waals surface area contributed by atoms with E-state index in [1.165, 1.54) is 0 Å². The largest absolute Gasteiger partial charge is 0.497 e. The van der Waals surface area contributed by atoms with Crippen LogP contribution in [0.25, 0.3) is 0 Å². The number of carbonyl (C=O) groups is 2. The van der Waals surface area contributed by atoms with Gasteiger partial charge in [0, 0.05) is 12.8 Å². The van der Waals surface area contributed by atoms with Crippen molar-refractivity contribution in [2.24, 2.45) is 5.41 Å². The number of carbonyl (C=O) groups excluding carboxylic acids is 2. The lowest BCUT2D eigenvalue weighted by molar-refractivity contribution is -0.141. The first-order chi connectivity index (χ1) is 10.00. The standard InChI is InChI=1S/C17H20O4/c1-21-13-4-2-3-12(11-13)17(20)9-7-16(8-10-17)14(18)5-6-15(16)19/h2-4,11,20H,5-10H2,1H3. The Morgan fingerprint density at radius 1 is 1.05 bits per heavy atom. The average Bonchev–Trinajstić information content (AvgIpc) is 2.79. The fourth-order valence-corrected chi connectivity index (χ4v) is 3.71. The van der Waals surface area contributed by atoms with Crippen LogP contribution in [0, 0.1) is 5.41 Å². The molecule has 0 atom stereocenters. The third-order valence-electron chi connectivity index (χ3n) is 5.18. The first-order valence-electron chi connectivity index (χ1n) is 7.44. The third kappa shape index (κ3) is 2.18. The molecule has 4 heteroatoms. The molecule has 1 aromatic carbocycles. The van der Waals surface area contributed by atoms with Crippen LogP contribution in [-0.2, 0) is 15.2 Å². The van der Waals surface area contributed by atoms with Crippen LogP contribution >= 0.6 is 0 Å². The molecule has 0 unspecified atom stereocenters. The average molecular weight is 288 g/mol. The minimum atomic E-state index is -0.969. The van der Waals surface area contributed by atoms with Gasteiger partial charge in [0.1, 0.15) is 17.3 Å². The summed E-state index contributed by atoms with van der Waals surface area (Å²) in [5.74, 6) is 0.842. The van der Waals surface area contributed by atoms with E-state index >= 15 is 0 Å². The maximum Gasteiger partial charge on any atom is 0.146 e. The van der Waals surface area contributed by atoms with Gasteiger partial charge in [-0.25, -0.2) is 0 Å². The summed E-state index contributed by atoms with van der Waals surface area (Å²) in [7, 11) is 1.59. The second kappa shape index (κ2) is 4.95. The van der Waals surface area contributed by atoms with Crippen molar-refractivity contribution in [1.82, 2.24) is 0 Å². The molecule has 0 saturated heterocycles. The van der Waals surface area contributed by atoms with Crippen LogP contribution in [0.1, 0.15) is 44.1 Å². The van der Waals surface area contributed by atoms with E-state index in [1.54, 1.807) is 7.11 Å². The van der Waals surface area contributed by atoms with Gasteiger partial charge in [-0.3, -0.25) is 9.59 Å². The van der Waals surface area contributed by atoms with Gasteiger partial charge in [-0.05, 0) is 43.4 Å². The van der Waals surface area contributed by atoms with Crippen molar-refractivity contribution in [2.45, 2.75) is 44.1 Å². The predicted molar refractivity (Wildman–Crippen MR) is 77.0 cm³/mol. The highest BCUT2D eigenvalue weighted by molar-refractivity contribution is 6.12. The van der Waals surface area contributed by atoms with E-state index in [0.29, 0.717) is 44.3 Å². The summed E-state index contributed by atoms with van der Waals surface area (Å²) in [6, 6.07) is 7.39. The first kappa shape index (κ1) is 14.3. The zero-order valence-corrected chi connectivity index (χ0v) is 12.2. The van der Waals surface area contributed by atoms with Gasteiger partial charge in [0.05, 0.1) is 18.1 Å². The van der Waals surface area contributed by atoms with Crippen LogP contribution in [0.3, 0.4) is 0 Å². The van der Waals surface area contributed by atoms with Crippen LogP contribution < -0.4 is 4.74 Å². The Hall–Kier alpha value is -1.68. The highest BCUT2D eigenvalue weighted by atomic mass is 16.5. The molecule has 1 spiro atoms. The van der Waals surface area contributed by atoms with E-state index in [0.717, 1.165) is 5.56 Å². The van der Waals surface area contributed by atoms with E-state index in [9.17, 15) is 14.7 Å². The second-order valence-electron chi connectivity index (χ2n) is 6.19. The van der Waals surface area contributed by atoms with E-state index in [1.807, 2.05) is 24.3 Å². The van der Waals surface area contributed by atoms with Crippen molar-refractivity contribution in [2.75, 3.05) is 7.11 Å². The van der Waals surface area contributed by atoms with Crippen LogP contribution in [0.2, 0.25) is 0 Å². The SMILES string of the molecule is COc1cccc(C2(O)CCC3(CC2)C(=O)CCC3=O)c1. The zero-order chi connectivity index (χ0) is 15.1. The Balaban J connectivity index is 1.83. The lowest BCUT2D eigenvalue weighted by Gasteiger charge is -2.40. The Morgan fingerprint density at radius 2 is 1.67 bits per heavy atom. The number of hydrogen-bond donors (Lipinski definition) is 1. The highest BCUT2D eigenvalue weighted by Crippen LogP contribution is 2.50. The molecule has 0 bridgehead atoms. The minimum Gasteiger partial charge on any atom is -0.497 e. The summed E-state index contributed by atoms with van der Waals surface area (Å²) >= 11 is 0. The number of hydrogen-bond acceptors (Lipinski definition) is 4. The van der Waals surface area contributed by atoms with Gasteiger partial charge in [0.15, 0.2) is 0 Å². The maximum absolute atomic E-state index is 12.1. The van der Waals surface area contributed by atoms with Crippen molar-refractivity contribution in [3.05, 3.63) is 29.8 Å². The van der Waals surface area contributed by atoms with Gasteiger partial charge in [-0.15, -0.1) is 0 Å². The van der Waals surface area contributed by atoms with E-state index in [-0.39, 0.29) is 11.6 Å². The Labute approximate surface area is 124 Å². The van der Waals surface area contributed by atoms with E-state index in [2.05, 4.69) is 0 Å². The van der Waals surface area contributed by atoms with Crippen LogP contribution in [0.15, 0.2) is 24.3 Å². The number of aliphatic hydroxyl groups is 1. The Kier molecular flexibility index (Phi) is 3.36. The van der Waals surface area contributed by atoms with Gasteiger partial charge in [0.2, 0.25) is 0 Å². The number of methoxy groups -OCH3 is 1. The van der Waals surface area contributed by atoms with Crippen molar-refractivity contribution in [1.29, 1.82) is 0 Å². The molecule has 4 nitrogen and oxygen atoms in total. The third-order valence-corrected chi connectivity index (χ3v) is 5.18. The fraction of sp³-hybridized carbons (Fsp3) is 0.529. The molecule has 2 fully saturated rings. The minimum absolute atomic E-state index is 0.0696. The summed E-state index contributed by atoms with van der Waals surface area (Å²) in [5, 5.41) is 10.9. The summed E-state index contributed by atoms with van der Waals surface area (Å²) in [6.07, 6.45) is 2.54. The molecule has 112 valence electrons. The normalized spacial score (nSPS) is 23.5. The molecular formula is C17H20O4. The molecule has 0 aromatic heterocycles. The fourth-order valence-electron chi connectivity index (χ4n) is 3.71. The summed E-state index contributed by atoms with van der Waals surface area (Å²) < 4.78 is 5.20. The molecule has 0 amide bonds.